The van der Waals surface area contributed by atoms with Gasteiger partial charge < -0.3 is 15.5 Å². The van der Waals surface area contributed by atoms with Crippen molar-refractivity contribution in [3.63, 3.8) is 0 Å². The van der Waals surface area contributed by atoms with Crippen LogP contribution in [0.1, 0.15) is 41.6 Å². The first-order chi connectivity index (χ1) is 16.6. The molecule has 10 heteroatoms. The van der Waals surface area contributed by atoms with Gasteiger partial charge in [0.15, 0.2) is 0 Å². The molecule has 186 valence electrons. The number of halogens is 4. The fraction of sp³-hybridized carbons (Fsp3) is 0.400. The number of amides is 1. The SMILES string of the molecule is CN(C)c1nc(NC2CCC(CNC(=O)c3ccc(C(F)(F)F)c(F)c3)CC2)nc2ccccc12. The minimum atomic E-state index is -4.79. The highest BCUT2D eigenvalue weighted by Gasteiger charge is 2.34. The van der Waals surface area contributed by atoms with Gasteiger partial charge in [0.1, 0.15) is 11.6 Å². The Hall–Kier alpha value is -3.43. The summed E-state index contributed by atoms with van der Waals surface area (Å²) in [7, 11) is 3.88. The number of para-hydroxylation sites is 1. The van der Waals surface area contributed by atoms with E-state index in [2.05, 4.69) is 20.6 Å². The monoisotopic (exact) mass is 489 g/mol. The van der Waals surface area contributed by atoms with Crippen molar-refractivity contribution in [2.75, 3.05) is 30.9 Å². The third-order valence-corrected chi connectivity index (χ3v) is 6.27. The van der Waals surface area contributed by atoms with Gasteiger partial charge in [-0.2, -0.15) is 18.2 Å². The number of anilines is 2. The van der Waals surface area contributed by atoms with Crippen molar-refractivity contribution < 1.29 is 22.4 Å². The average Bonchev–Trinajstić information content (AvgIpc) is 2.82. The smallest absolute Gasteiger partial charge is 0.362 e. The van der Waals surface area contributed by atoms with Crippen LogP contribution < -0.4 is 15.5 Å². The van der Waals surface area contributed by atoms with Crippen molar-refractivity contribution in [3.8, 4) is 0 Å². The van der Waals surface area contributed by atoms with Gasteiger partial charge in [-0.1, -0.05) is 12.1 Å². The second-order valence-corrected chi connectivity index (χ2v) is 9.05. The Morgan fingerprint density at radius 1 is 1.06 bits per heavy atom. The van der Waals surface area contributed by atoms with Crippen LogP contribution in [0.5, 0.6) is 0 Å². The molecule has 1 aliphatic rings. The lowest BCUT2D eigenvalue weighted by atomic mass is 9.86. The van der Waals surface area contributed by atoms with Gasteiger partial charge >= 0.3 is 6.18 Å². The lowest BCUT2D eigenvalue weighted by molar-refractivity contribution is -0.140. The molecule has 35 heavy (non-hydrogen) atoms. The molecular formula is C25H27F4N5O. The number of benzene rings is 2. The minimum absolute atomic E-state index is 0.129. The second-order valence-electron chi connectivity index (χ2n) is 9.05. The molecule has 1 aromatic heterocycles. The topological polar surface area (TPSA) is 70.2 Å². The van der Waals surface area contributed by atoms with Gasteiger partial charge in [-0.15, -0.1) is 0 Å². The van der Waals surface area contributed by atoms with Crippen LogP contribution in [-0.4, -0.2) is 42.6 Å². The lowest BCUT2D eigenvalue weighted by Gasteiger charge is -2.29. The molecular weight excluding hydrogens is 462 g/mol. The highest BCUT2D eigenvalue weighted by Crippen LogP contribution is 2.32. The van der Waals surface area contributed by atoms with Crippen LogP contribution in [0.25, 0.3) is 10.9 Å². The third kappa shape index (κ3) is 5.80. The summed E-state index contributed by atoms with van der Waals surface area (Å²) in [5.41, 5.74) is -0.645. The van der Waals surface area contributed by atoms with Crippen molar-refractivity contribution >= 4 is 28.6 Å². The zero-order valence-corrected chi connectivity index (χ0v) is 19.5. The predicted molar refractivity (Wildman–Crippen MR) is 127 cm³/mol. The Morgan fingerprint density at radius 2 is 1.77 bits per heavy atom. The Balaban J connectivity index is 1.30. The summed E-state index contributed by atoms with van der Waals surface area (Å²) in [6.07, 6.45) is -1.36. The molecule has 0 aliphatic heterocycles. The first-order valence-electron chi connectivity index (χ1n) is 11.5. The van der Waals surface area contributed by atoms with Gasteiger partial charge in [-0.25, -0.2) is 9.37 Å². The van der Waals surface area contributed by atoms with E-state index in [1.165, 1.54) is 0 Å². The van der Waals surface area contributed by atoms with E-state index < -0.39 is 23.5 Å². The minimum Gasteiger partial charge on any atom is -0.362 e. The molecule has 0 atom stereocenters. The summed E-state index contributed by atoms with van der Waals surface area (Å²) in [6, 6.07) is 10.3. The van der Waals surface area contributed by atoms with Crippen LogP contribution in [0.3, 0.4) is 0 Å². The molecule has 0 unspecified atom stereocenters. The first-order valence-corrected chi connectivity index (χ1v) is 11.5. The van der Waals surface area contributed by atoms with Gasteiger partial charge in [0.2, 0.25) is 5.95 Å². The van der Waals surface area contributed by atoms with Crippen molar-refractivity contribution in [2.45, 2.75) is 37.9 Å². The van der Waals surface area contributed by atoms with Gasteiger partial charge in [0.05, 0.1) is 11.1 Å². The molecule has 0 spiro atoms. The fourth-order valence-corrected chi connectivity index (χ4v) is 4.38. The van der Waals surface area contributed by atoms with E-state index in [4.69, 9.17) is 0 Å². The van der Waals surface area contributed by atoms with Crippen LogP contribution in [0.15, 0.2) is 42.5 Å². The van der Waals surface area contributed by atoms with Gasteiger partial charge in [-0.05, 0) is 61.9 Å². The standard InChI is InChI=1S/C25H27F4N5O/c1-34(2)22-18-5-3-4-6-21(18)32-24(33-22)31-17-10-7-15(8-11-17)14-30-23(35)16-9-12-19(20(26)13-16)25(27,28)29/h3-6,9,12-13,15,17H,7-8,10-11,14H2,1-2H3,(H,30,35)(H,31,32,33). The normalized spacial score (nSPS) is 18.3. The molecule has 4 rings (SSSR count). The third-order valence-electron chi connectivity index (χ3n) is 6.27. The summed E-state index contributed by atoms with van der Waals surface area (Å²) >= 11 is 0. The maximum Gasteiger partial charge on any atom is 0.419 e. The molecule has 1 amide bonds. The van der Waals surface area contributed by atoms with Gasteiger partial charge in [0.25, 0.3) is 5.91 Å². The quantitative estimate of drug-likeness (QED) is 0.463. The Kier molecular flexibility index (Phi) is 7.09. The van der Waals surface area contributed by atoms with E-state index in [-0.39, 0.29) is 17.5 Å². The zero-order valence-electron chi connectivity index (χ0n) is 19.5. The Bertz CT molecular complexity index is 1210. The Labute approximate surface area is 200 Å². The van der Waals surface area contributed by atoms with Crippen LogP contribution in [0.4, 0.5) is 29.3 Å². The van der Waals surface area contributed by atoms with Crippen LogP contribution in [0, 0.1) is 11.7 Å². The largest absolute Gasteiger partial charge is 0.419 e. The van der Waals surface area contributed by atoms with E-state index in [1.807, 2.05) is 43.3 Å². The number of hydrogen-bond donors (Lipinski definition) is 2. The van der Waals surface area contributed by atoms with E-state index in [9.17, 15) is 22.4 Å². The summed E-state index contributed by atoms with van der Waals surface area (Å²) in [6.45, 7) is 0.380. The van der Waals surface area contributed by atoms with E-state index in [0.29, 0.717) is 24.6 Å². The number of carbonyl (C=O) groups is 1. The molecule has 2 aromatic carbocycles. The number of nitrogens with one attached hydrogen (secondary N) is 2. The molecule has 1 fully saturated rings. The first kappa shape index (κ1) is 24.7. The molecule has 0 radical (unpaired) electrons. The fourth-order valence-electron chi connectivity index (χ4n) is 4.38. The Morgan fingerprint density at radius 3 is 2.43 bits per heavy atom. The number of fused-ring (bicyclic) bond motifs is 1. The van der Waals surface area contributed by atoms with Gasteiger partial charge in [-0.3, -0.25) is 4.79 Å². The molecule has 1 saturated carbocycles. The summed E-state index contributed by atoms with van der Waals surface area (Å²) in [4.78, 5) is 23.6. The van der Waals surface area contributed by atoms with Crippen molar-refractivity contribution in [2.24, 2.45) is 5.92 Å². The predicted octanol–water partition coefficient (Wildman–Crippen LogP) is 5.25. The van der Waals surface area contributed by atoms with Crippen LogP contribution >= 0.6 is 0 Å². The number of aromatic nitrogens is 2. The number of carbonyl (C=O) groups excluding carboxylic acids is 1. The molecule has 0 saturated heterocycles. The average molecular weight is 490 g/mol. The van der Waals surface area contributed by atoms with Crippen molar-refractivity contribution in [1.29, 1.82) is 0 Å². The van der Waals surface area contributed by atoms with Crippen LogP contribution in [0.2, 0.25) is 0 Å². The van der Waals surface area contributed by atoms with E-state index in [0.717, 1.165) is 48.5 Å². The molecule has 0 bridgehead atoms. The van der Waals surface area contributed by atoms with Crippen LogP contribution in [-0.2, 0) is 6.18 Å². The molecule has 6 nitrogen and oxygen atoms in total. The zero-order chi connectivity index (χ0) is 25.2. The molecule has 1 heterocycles. The number of hydrogen-bond acceptors (Lipinski definition) is 5. The summed E-state index contributed by atoms with van der Waals surface area (Å²) < 4.78 is 51.9. The summed E-state index contributed by atoms with van der Waals surface area (Å²) in [5, 5.41) is 7.14. The van der Waals surface area contributed by atoms with Crippen molar-refractivity contribution in [1.82, 2.24) is 15.3 Å². The van der Waals surface area contributed by atoms with Gasteiger partial charge in [0, 0.05) is 37.6 Å². The number of rotatable bonds is 6. The summed E-state index contributed by atoms with van der Waals surface area (Å²) in [5.74, 6) is -0.391. The second kappa shape index (κ2) is 10.1. The number of alkyl halides is 3. The highest BCUT2D eigenvalue weighted by molar-refractivity contribution is 5.94. The maximum atomic E-state index is 13.8. The number of nitrogens with zero attached hydrogens (tertiary/aromatic N) is 3. The van der Waals surface area contributed by atoms with E-state index >= 15 is 0 Å². The molecule has 2 N–H and O–H groups in total. The lowest BCUT2D eigenvalue weighted by Crippen LogP contribution is -2.34. The molecule has 1 aliphatic carbocycles. The molecule has 3 aromatic rings. The highest BCUT2D eigenvalue weighted by atomic mass is 19.4. The van der Waals surface area contributed by atoms with E-state index in [1.54, 1.807) is 0 Å². The van der Waals surface area contributed by atoms with Crippen molar-refractivity contribution in [3.05, 3.63) is 59.4 Å². The maximum absolute atomic E-state index is 13.8.